The van der Waals surface area contributed by atoms with Crippen LogP contribution in [0.5, 0.6) is 0 Å². The fourth-order valence-corrected chi connectivity index (χ4v) is 5.03. The number of aromatic nitrogens is 3. The zero-order chi connectivity index (χ0) is 20.5. The number of piperidine rings is 1. The summed E-state index contributed by atoms with van der Waals surface area (Å²) in [6, 6.07) is 14.7. The molecule has 8 heteroatoms. The largest absolute Gasteiger partial charge is 0.367 e. The lowest BCUT2D eigenvalue weighted by Gasteiger charge is -2.32. The van der Waals surface area contributed by atoms with Gasteiger partial charge in [0.1, 0.15) is 13.7 Å². The maximum atomic E-state index is 6.45. The van der Waals surface area contributed by atoms with Gasteiger partial charge in [0, 0.05) is 53.4 Å². The van der Waals surface area contributed by atoms with Crippen LogP contribution in [0.25, 0.3) is 16.9 Å². The van der Waals surface area contributed by atoms with Crippen molar-refractivity contribution in [1.29, 1.82) is 0 Å². The average Bonchev–Trinajstić information content (AvgIpc) is 3.40. The number of hydrogen-bond donors (Lipinski definition) is 1. The van der Waals surface area contributed by atoms with Crippen LogP contribution in [0, 0.1) is 0 Å². The maximum absolute atomic E-state index is 6.45. The van der Waals surface area contributed by atoms with Crippen molar-refractivity contribution in [2.45, 2.75) is 25.4 Å². The van der Waals surface area contributed by atoms with Crippen LogP contribution >= 0.6 is 22.9 Å². The van der Waals surface area contributed by atoms with E-state index in [-0.39, 0.29) is 0 Å². The molecule has 0 atom stereocenters. The lowest BCUT2D eigenvalue weighted by Crippen LogP contribution is -2.38. The van der Waals surface area contributed by atoms with Crippen LogP contribution in [0.4, 0.5) is 5.82 Å². The van der Waals surface area contributed by atoms with Gasteiger partial charge in [-0.3, -0.25) is 4.90 Å². The Hall–Kier alpha value is -2.35. The summed E-state index contributed by atoms with van der Waals surface area (Å²) in [5.74, 6) is 0.972. The van der Waals surface area contributed by atoms with E-state index in [0.717, 1.165) is 60.7 Å². The van der Waals surface area contributed by atoms with E-state index in [0.29, 0.717) is 11.1 Å². The maximum Gasteiger partial charge on any atom is 0.151 e. The summed E-state index contributed by atoms with van der Waals surface area (Å²) in [4.78, 5) is 8.82. The molecule has 0 bridgehead atoms. The van der Waals surface area contributed by atoms with Crippen LogP contribution in [0.1, 0.15) is 17.7 Å². The van der Waals surface area contributed by atoms with Gasteiger partial charge in [-0.25, -0.2) is 4.98 Å². The first-order valence-electron chi connectivity index (χ1n) is 10.3. The molecule has 1 N–H and O–H groups in total. The lowest BCUT2D eigenvalue weighted by atomic mass is 10.0. The Labute approximate surface area is 186 Å². The summed E-state index contributed by atoms with van der Waals surface area (Å²) < 4.78 is 1.91. The van der Waals surface area contributed by atoms with Gasteiger partial charge in [-0.15, -0.1) is 11.3 Å². The molecule has 30 heavy (non-hydrogen) atoms. The molecule has 4 heterocycles. The number of anilines is 1. The number of benzene rings is 1. The zero-order valence-electron chi connectivity index (χ0n) is 16.9. The molecular formula is C22H23BClN5S. The smallest absolute Gasteiger partial charge is 0.151 e. The van der Waals surface area contributed by atoms with Gasteiger partial charge in [0.05, 0.1) is 5.69 Å². The topological polar surface area (TPSA) is 45.5 Å². The molecular weight excluding hydrogens is 413 g/mol. The minimum absolute atomic E-state index is 0.416. The zero-order valence-corrected chi connectivity index (χ0v) is 18.5. The molecule has 5 nitrogen and oxygen atoms in total. The van der Waals surface area contributed by atoms with Crippen LogP contribution in [0.3, 0.4) is 0 Å². The summed E-state index contributed by atoms with van der Waals surface area (Å²) >= 11 is 8.29. The van der Waals surface area contributed by atoms with E-state index >= 15 is 0 Å². The third-order valence-electron chi connectivity index (χ3n) is 5.70. The number of nitrogens with zero attached hydrogens (tertiary/aromatic N) is 4. The van der Waals surface area contributed by atoms with Crippen molar-refractivity contribution < 1.29 is 0 Å². The highest BCUT2D eigenvalue weighted by atomic mass is 35.5. The van der Waals surface area contributed by atoms with Gasteiger partial charge < -0.3 is 5.32 Å². The molecule has 0 unspecified atom stereocenters. The summed E-state index contributed by atoms with van der Waals surface area (Å²) in [6.45, 7) is 3.25. The van der Waals surface area contributed by atoms with Crippen molar-refractivity contribution in [3.8, 4) is 11.3 Å². The summed E-state index contributed by atoms with van der Waals surface area (Å²) in [7, 11) is 2.04. The van der Waals surface area contributed by atoms with E-state index in [2.05, 4.69) is 38.9 Å². The fourth-order valence-electron chi connectivity index (χ4n) is 4.05. The number of nitrogens with one attached hydrogen (secondary N) is 1. The second-order valence-corrected chi connectivity index (χ2v) is 9.28. The standard InChI is InChI=1S/C22H23BClN5S/c23-18-13-25-29-21(12-20(27-22(18)29)17-5-1-2-6-19(17)24)26-15-7-9-28(10-8-15)14-16-4-3-11-30-16/h1-6,11-13,15,26H,7-10,14,23H2. The Kier molecular flexibility index (Phi) is 5.50. The number of hydrogen-bond acceptors (Lipinski definition) is 5. The second-order valence-electron chi connectivity index (χ2n) is 7.84. The van der Waals surface area contributed by atoms with Crippen molar-refractivity contribution in [3.05, 3.63) is 63.9 Å². The van der Waals surface area contributed by atoms with Gasteiger partial charge in [0.25, 0.3) is 0 Å². The molecule has 5 rings (SSSR count). The first-order valence-corrected chi connectivity index (χ1v) is 11.5. The molecule has 152 valence electrons. The number of halogens is 1. The van der Waals surface area contributed by atoms with E-state index in [1.54, 1.807) is 0 Å². The number of thiophene rings is 1. The molecule has 1 aromatic carbocycles. The molecule has 1 aliphatic rings. The van der Waals surface area contributed by atoms with E-state index in [9.17, 15) is 0 Å². The van der Waals surface area contributed by atoms with Crippen molar-refractivity contribution in [3.63, 3.8) is 0 Å². The molecule has 1 aliphatic heterocycles. The SMILES string of the molecule is Bc1cnn2c(NC3CCN(Cc4cccs4)CC3)cc(-c3ccccc3Cl)nc12. The Morgan fingerprint density at radius 2 is 2.00 bits per heavy atom. The van der Waals surface area contributed by atoms with Crippen LogP contribution in [0.2, 0.25) is 5.02 Å². The Morgan fingerprint density at radius 3 is 2.77 bits per heavy atom. The molecule has 0 aliphatic carbocycles. The van der Waals surface area contributed by atoms with Crippen molar-refractivity contribution in [1.82, 2.24) is 19.5 Å². The van der Waals surface area contributed by atoms with Crippen LogP contribution in [-0.4, -0.2) is 46.5 Å². The summed E-state index contributed by atoms with van der Waals surface area (Å²) in [6.07, 6.45) is 4.08. The molecule has 0 saturated carbocycles. The highest BCUT2D eigenvalue weighted by molar-refractivity contribution is 7.09. The van der Waals surface area contributed by atoms with Crippen LogP contribution in [-0.2, 0) is 6.54 Å². The Morgan fingerprint density at radius 1 is 1.17 bits per heavy atom. The first kappa shape index (κ1) is 19.6. The normalized spacial score (nSPS) is 15.6. The minimum atomic E-state index is 0.416. The van der Waals surface area contributed by atoms with E-state index in [1.807, 2.05) is 54.2 Å². The van der Waals surface area contributed by atoms with E-state index in [1.165, 1.54) is 4.88 Å². The van der Waals surface area contributed by atoms with Crippen molar-refractivity contribution >= 4 is 47.7 Å². The molecule has 4 aromatic rings. The first-order chi connectivity index (χ1) is 14.7. The highest BCUT2D eigenvalue weighted by Crippen LogP contribution is 2.29. The molecule has 0 amide bonds. The Bertz CT molecular complexity index is 1150. The Balaban J connectivity index is 1.37. The van der Waals surface area contributed by atoms with E-state index < -0.39 is 0 Å². The third-order valence-corrected chi connectivity index (χ3v) is 6.89. The highest BCUT2D eigenvalue weighted by Gasteiger charge is 2.21. The van der Waals surface area contributed by atoms with Gasteiger partial charge >= 0.3 is 0 Å². The minimum Gasteiger partial charge on any atom is -0.367 e. The molecule has 3 aromatic heterocycles. The van der Waals surface area contributed by atoms with Crippen molar-refractivity contribution in [2.24, 2.45) is 0 Å². The number of fused-ring (bicyclic) bond motifs is 1. The van der Waals surface area contributed by atoms with Gasteiger partial charge in [-0.2, -0.15) is 9.61 Å². The van der Waals surface area contributed by atoms with Gasteiger partial charge in [-0.05, 0) is 35.8 Å². The number of likely N-dealkylation sites (tertiary alicyclic amines) is 1. The average molecular weight is 436 g/mol. The molecule has 0 radical (unpaired) electrons. The predicted molar refractivity (Wildman–Crippen MR) is 128 cm³/mol. The third kappa shape index (κ3) is 3.97. The number of rotatable bonds is 5. The molecule has 1 saturated heterocycles. The van der Waals surface area contributed by atoms with Crippen LogP contribution in [0.15, 0.2) is 54.0 Å². The second kappa shape index (κ2) is 8.42. The molecule has 0 spiro atoms. The van der Waals surface area contributed by atoms with Crippen LogP contribution < -0.4 is 10.8 Å². The predicted octanol–water partition coefficient (Wildman–Crippen LogP) is 3.45. The quantitative estimate of drug-likeness (QED) is 0.488. The fraction of sp³-hybridized carbons (Fsp3) is 0.273. The lowest BCUT2D eigenvalue weighted by molar-refractivity contribution is 0.213. The summed E-state index contributed by atoms with van der Waals surface area (Å²) in [5, 5.41) is 11.2. The monoisotopic (exact) mass is 435 g/mol. The van der Waals surface area contributed by atoms with Gasteiger partial charge in [-0.1, -0.05) is 35.9 Å². The van der Waals surface area contributed by atoms with Crippen molar-refractivity contribution in [2.75, 3.05) is 18.4 Å². The summed E-state index contributed by atoms with van der Waals surface area (Å²) in [5.41, 5.74) is 3.73. The van der Waals surface area contributed by atoms with E-state index in [4.69, 9.17) is 16.6 Å². The molecule has 1 fully saturated rings. The van der Waals surface area contributed by atoms with Gasteiger partial charge in [0.2, 0.25) is 0 Å². The van der Waals surface area contributed by atoms with Gasteiger partial charge in [0.15, 0.2) is 5.65 Å².